The van der Waals surface area contributed by atoms with Crippen LogP contribution in [-0.2, 0) is 24.3 Å². The van der Waals surface area contributed by atoms with Gasteiger partial charge in [0.2, 0.25) is 5.91 Å². The number of anilines is 1. The summed E-state index contributed by atoms with van der Waals surface area (Å²) in [6, 6.07) is 6.30. The number of nitrogens with zero attached hydrogens (tertiary/aromatic N) is 5. The van der Waals surface area contributed by atoms with Crippen LogP contribution in [0.3, 0.4) is 0 Å². The lowest BCUT2D eigenvalue weighted by molar-refractivity contribution is -0.120. The highest BCUT2D eigenvalue weighted by Crippen LogP contribution is 2.27. The first-order valence-corrected chi connectivity index (χ1v) is 9.54. The van der Waals surface area contributed by atoms with E-state index in [4.69, 9.17) is 0 Å². The molecular formula is C20H20FN7O. The van der Waals surface area contributed by atoms with E-state index in [1.54, 1.807) is 23.1 Å². The number of aromatic nitrogens is 6. The van der Waals surface area contributed by atoms with E-state index < -0.39 is 0 Å². The highest BCUT2D eigenvalue weighted by Gasteiger charge is 2.26. The third kappa shape index (κ3) is 3.18. The van der Waals surface area contributed by atoms with Crippen LogP contribution in [0.4, 0.5) is 10.2 Å². The monoisotopic (exact) mass is 393 g/mol. The van der Waals surface area contributed by atoms with Crippen LogP contribution in [0.2, 0.25) is 0 Å². The summed E-state index contributed by atoms with van der Waals surface area (Å²) in [6.45, 7) is 3.14. The Hall–Kier alpha value is -3.49. The number of imidazole rings is 1. The van der Waals surface area contributed by atoms with Crippen molar-refractivity contribution >= 4 is 22.8 Å². The van der Waals surface area contributed by atoms with Crippen LogP contribution in [0.25, 0.3) is 11.0 Å². The minimum absolute atomic E-state index is 0.0336. The SMILES string of the molecule is Cc1nn(Cc2ccc(F)cc2)c2n[nH]c(NC(=O)[C@H]3CCn4cncc4C3)c12. The lowest BCUT2D eigenvalue weighted by atomic mass is 9.95. The molecule has 9 heteroatoms. The second kappa shape index (κ2) is 6.84. The predicted molar refractivity (Wildman–Crippen MR) is 105 cm³/mol. The molecule has 2 N–H and O–H groups in total. The molecule has 0 bridgehead atoms. The molecule has 29 heavy (non-hydrogen) atoms. The van der Waals surface area contributed by atoms with Crippen molar-refractivity contribution in [3.63, 3.8) is 0 Å². The summed E-state index contributed by atoms with van der Waals surface area (Å²) >= 11 is 0. The molecule has 8 nitrogen and oxygen atoms in total. The first-order chi connectivity index (χ1) is 14.1. The minimum Gasteiger partial charge on any atom is -0.335 e. The van der Waals surface area contributed by atoms with Gasteiger partial charge < -0.3 is 9.88 Å². The van der Waals surface area contributed by atoms with Gasteiger partial charge in [-0.15, -0.1) is 0 Å². The third-order valence-electron chi connectivity index (χ3n) is 5.46. The molecule has 1 aliphatic heterocycles. The third-order valence-corrected chi connectivity index (χ3v) is 5.46. The number of halogens is 1. The zero-order valence-electron chi connectivity index (χ0n) is 15.9. The van der Waals surface area contributed by atoms with Crippen LogP contribution in [-0.4, -0.2) is 35.4 Å². The molecule has 0 saturated carbocycles. The number of nitrogens with one attached hydrogen (secondary N) is 2. The quantitative estimate of drug-likeness (QED) is 0.557. The Balaban J connectivity index is 1.37. The van der Waals surface area contributed by atoms with E-state index in [2.05, 4.69) is 30.2 Å². The summed E-state index contributed by atoms with van der Waals surface area (Å²) < 4.78 is 17.0. The van der Waals surface area contributed by atoms with Crippen LogP contribution in [0.5, 0.6) is 0 Å². The second-order valence-electron chi connectivity index (χ2n) is 7.42. The van der Waals surface area contributed by atoms with Crippen molar-refractivity contribution in [3.8, 4) is 0 Å². The average Bonchev–Trinajstić information content (AvgIpc) is 3.41. The van der Waals surface area contributed by atoms with Crippen molar-refractivity contribution < 1.29 is 9.18 Å². The molecule has 4 heterocycles. The van der Waals surface area contributed by atoms with E-state index in [1.165, 1.54) is 12.1 Å². The average molecular weight is 393 g/mol. The lowest BCUT2D eigenvalue weighted by Crippen LogP contribution is -2.30. The molecule has 0 saturated heterocycles. The summed E-state index contributed by atoms with van der Waals surface area (Å²) in [5.74, 6) is 0.152. The van der Waals surface area contributed by atoms with E-state index in [-0.39, 0.29) is 17.6 Å². The van der Waals surface area contributed by atoms with Gasteiger partial charge in [0, 0.05) is 30.8 Å². The zero-order valence-corrected chi connectivity index (χ0v) is 15.9. The van der Waals surface area contributed by atoms with Gasteiger partial charge >= 0.3 is 0 Å². The summed E-state index contributed by atoms with van der Waals surface area (Å²) in [7, 11) is 0. The fraction of sp³-hybridized carbons (Fsp3) is 0.300. The highest BCUT2D eigenvalue weighted by atomic mass is 19.1. The first kappa shape index (κ1) is 17.6. The predicted octanol–water partition coefficient (Wildman–Crippen LogP) is 2.65. The number of hydrogen-bond donors (Lipinski definition) is 2. The Morgan fingerprint density at radius 2 is 2.17 bits per heavy atom. The molecule has 5 rings (SSSR count). The van der Waals surface area contributed by atoms with Gasteiger partial charge in [-0.05, 0) is 31.0 Å². The van der Waals surface area contributed by atoms with E-state index in [0.29, 0.717) is 24.4 Å². The maximum absolute atomic E-state index is 13.1. The van der Waals surface area contributed by atoms with Crippen molar-refractivity contribution in [3.05, 3.63) is 59.6 Å². The number of fused-ring (bicyclic) bond motifs is 2. The van der Waals surface area contributed by atoms with Crippen LogP contribution in [0, 0.1) is 18.7 Å². The number of carbonyl (C=O) groups excluding carboxylic acids is 1. The Kier molecular flexibility index (Phi) is 4.15. The van der Waals surface area contributed by atoms with Gasteiger partial charge in [0.1, 0.15) is 11.6 Å². The largest absolute Gasteiger partial charge is 0.335 e. The second-order valence-corrected chi connectivity index (χ2v) is 7.42. The van der Waals surface area contributed by atoms with Gasteiger partial charge in [-0.1, -0.05) is 12.1 Å². The van der Waals surface area contributed by atoms with Gasteiger partial charge in [0.25, 0.3) is 0 Å². The smallest absolute Gasteiger partial charge is 0.229 e. The summed E-state index contributed by atoms with van der Waals surface area (Å²) in [6.07, 6.45) is 5.07. The molecular weight excluding hydrogens is 373 g/mol. The number of hydrogen-bond acceptors (Lipinski definition) is 4. The van der Waals surface area contributed by atoms with Crippen LogP contribution in [0.15, 0.2) is 36.8 Å². The van der Waals surface area contributed by atoms with Crippen molar-refractivity contribution in [1.29, 1.82) is 0 Å². The topological polar surface area (TPSA) is 93.4 Å². The number of benzene rings is 1. The standard InChI is InChI=1S/C20H20FN7O/c1-12-17-18(23-20(29)14-6-7-27-11-22-9-16(27)8-14)24-25-19(17)28(26-12)10-13-2-4-15(21)5-3-13/h2-5,9,11,14H,6-8,10H2,1H3,(H2,23,24,25,29)/t14-/m0/s1. The molecule has 0 fully saturated rings. The summed E-state index contributed by atoms with van der Waals surface area (Å²) in [5, 5.41) is 15.6. The number of rotatable bonds is 4. The Labute approximate surface area is 165 Å². The van der Waals surface area contributed by atoms with Gasteiger partial charge in [-0.3, -0.25) is 9.89 Å². The van der Waals surface area contributed by atoms with Crippen molar-refractivity contribution in [2.75, 3.05) is 5.32 Å². The molecule has 0 radical (unpaired) electrons. The molecule has 1 aliphatic rings. The lowest BCUT2D eigenvalue weighted by Gasteiger charge is -2.22. The molecule has 148 valence electrons. The number of aryl methyl sites for hydroxylation is 2. The summed E-state index contributed by atoms with van der Waals surface area (Å²) in [4.78, 5) is 17.0. The number of H-pyrrole nitrogens is 1. The van der Waals surface area contributed by atoms with Crippen LogP contribution >= 0.6 is 0 Å². The Bertz CT molecular complexity index is 1190. The molecule has 4 aromatic rings. The molecule has 0 spiro atoms. The Morgan fingerprint density at radius 3 is 3.00 bits per heavy atom. The van der Waals surface area contributed by atoms with Crippen molar-refractivity contribution in [2.24, 2.45) is 5.92 Å². The van der Waals surface area contributed by atoms with E-state index in [1.807, 2.05) is 13.1 Å². The fourth-order valence-electron chi connectivity index (χ4n) is 3.92. The van der Waals surface area contributed by atoms with Gasteiger partial charge in [-0.2, -0.15) is 10.2 Å². The zero-order chi connectivity index (χ0) is 20.0. The van der Waals surface area contributed by atoms with E-state index >= 15 is 0 Å². The molecule has 1 amide bonds. The van der Waals surface area contributed by atoms with E-state index in [9.17, 15) is 9.18 Å². The van der Waals surface area contributed by atoms with E-state index in [0.717, 1.165) is 35.3 Å². The maximum Gasteiger partial charge on any atom is 0.229 e. The van der Waals surface area contributed by atoms with Crippen LogP contribution < -0.4 is 5.32 Å². The first-order valence-electron chi connectivity index (χ1n) is 9.54. The number of aromatic amines is 1. The van der Waals surface area contributed by atoms with Crippen molar-refractivity contribution in [2.45, 2.75) is 32.9 Å². The maximum atomic E-state index is 13.1. The molecule has 0 unspecified atom stereocenters. The molecule has 1 aromatic carbocycles. The van der Waals surface area contributed by atoms with Gasteiger partial charge in [-0.25, -0.2) is 14.1 Å². The molecule has 1 atom stereocenters. The Morgan fingerprint density at radius 1 is 1.34 bits per heavy atom. The summed E-state index contributed by atoms with van der Waals surface area (Å²) in [5.41, 5.74) is 3.43. The number of carbonyl (C=O) groups is 1. The normalized spacial score (nSPS) is 16.1. The van der Waals surface area contributed by atoms with Crippen LogP contribution in [0.1, 0.15) is 23.4 Å². The molecule has 3 aromatic heterocycles. The fourth-order valence-corrected chi connectivity index (χ4v) is 3.92. The number of amides is 1. The van der Waals surface area contributed by atoms with Gasteiger partial charge in [0.05, 0.1) is 24.0 Å². The van der Waals surface area contributed by atoms with Gasteiger partial charge in [0.15, 0.2) is 5.65 Å². The highest BCUT2D eigenvalue weighted by molar-refractivity contribution is 6.00. The molecule has 0 aliphatic carbocycles. The minimum atomic E-state index is -0.272. The van der Waals surface area contributed by atoms with Crippen molar-refractivity contribution in [1.82, 2.24) is 29.5 Å².